The quantitative estimate of drug-likeness (QED) is 0.748. The Kier molecular flexibility index (Phi) is 2.70. The van der Waals surface area contributed by atoms with Gasteiger partial charge in [-0.2, -0.15) is 0 Å². The van der Waals surface area contributed by atoms with E-state index in [1.54, 1.807) is 0 Å². The molecule has 1 aromatic heterocycles. The van der Waals surface area contributed by atoms with Crippen LogP contribution in [0.2, 0.25) is 0 Å². The van der Waals surface area contributed by atoms with Crippen LogP contribution in [0.1, 0.15) is 16.1 Å². The molecule has 0 unspecified atom stereocenters. The Morgan fingerprint density at radius 1 is 1.14 bits per heavy atom. The first kappa shape index (κ1) is 9.09. The largest absolute Gasteiger partial charge is 0.138 e. The number of benzene rings is 1. The lowest BCUT2D eigenvalue weighted by Gasteiger charge is -1.90. The lowest BCUT2D eigenvalue weighted by Crippen LogP contribution is -1.75. The van der Waals surface area contributed by atoms with E-state index in [4.69, 9.17) is 0 Å². The summed E-state index contributed by atoms with van der Waals surface area (Å²) in [5.41, 5.74) is 2.14. The molecule has 0 fully saturated rings. The first-order valence-corrected chi connectivity index (χ1v) is 5.16. The van der Waals surface area contributed by atoms with Gasteiger partial charge in [0, 0.05) is 4.88 Å². The second-order valence-corrected chi connectivity index (χ2v) is 3.92. The first-order chi connectivity index (χ1) is 6.86. The second kappa shape index (κ2) is 4.15. The van der Waals surface area contributed by atoms with E-state index in [2.05, 4.69) is 21.7 Å². The molecule has 0 amide bonds. The van der Waals surface area contributed by atoms with Crippen molar-refractivity contribution >= 4 is 23.7 Å². The number of hydrogen-bond acceptors (Lipinski definition) is 3. The molecule has 14 heavy (non-hydrogen) atoms. The van der Waals surface area contributed by atoms with E-state index in [9.17, 15) is 0 Å². The summed E-state index contributed by atoms with van der Waals surface area (Å²) in [7, 11) is 0. The Morgan fingerprint density at radius 2 is 1.93 bits per heavy atom. The summed E-state index contributed by atoms with van der Waals surface area (Å²) in [6.07, 6.45) is 4.04. The normalized spacial score (nSPS) is 10.9. The molecule has 0 bridgehead atoms. The number of nitrogens with zero attached hydrogens (tertiary/aromatic N) is 2. The van der Waals surface area contributed by atoms with E-state index in [1.807, 2.05) is 37.3 Å². The predicted octanol–water partition coefficient (Wildman–Crippen LogP) is 3.02. The highest BCUT2D eigenvalue weighted by Gasteiger charge is 1.96. The number of rotatable bonds is 2. The molecule has 0 aliphatic heterocycles. The van der Waals surface area contributed by atoms with Gasteiger partial charge in [-0.3, -0.25) is 0 Å². The first-order valence-electron chi connectivity index (χ1n) is 4.38. The molecular weight excluding hydrogens is 192 g/mol. The SMILES string of the molecule is Cc1snnc1C=Cc1ccccc1. The van der Waals surface area contributed by atoms with Crippen molar-refractivity contribution in [2.45, 2.75) is 6.92 Å². The van der Waals surface area contributed by atoms with Gasteiger partial charge in [-0.15, -0.1) is 5.10 Å². The topological polar surface area (TPSA) is 25.8 Å². The summed E-state index contributed by atoms with van der Waals surface area (Å²) >= 11 is 1.43. The van der Waals surface area contributed by atoms with Gasteiger partial charge in [0.15, 0.2) is 0 Å². The highest BCUT2D eigenvalue weighted by atomic mass is 32.1. The van der Waals surface area contributed by atoms with Crippen molar-refractivity contribution < 1.29 is 0 Å². The van der Waals surface area contributed by atoms with E-state index >= 15 is 0 Å². The van der Waals surface area contributed by atoms with E-state index < -0.39 is 0 Å². The average Bonchev–Trinajstić information content (AvgIpc) is 2.63. The molecule has 0 atom stereocenters. The summed E-state index contributed by atoms with van der Waals surface area (Å²) in [6, 6.07) is 10.2. The summed E-state index contributed by atoms with van der Waals surface area (Å²) in [4.78, 5) is 1.15. The molecule has 0 saturated carbocycles. The molecule has 0 radical (unpaired) electrons. The lowest BCUT2D eigenvalue weighted by molar-refractivity contribution is 1.13. The van der Waals surface area contributed by atoms with Crippen LogP contribution in [-0.2, 0) is 0 Å². The zero-order valence-corrected chi connectivity index (χ0v) is 8.66. The Bertz CT molecular complexity index is 432. The maximum atomic E-state index is 4.01. The molecular formula is C11H10N2S. The Labute approximate surface area is 87.1 Å². The van der Waals surface area contributed by atoms with E-state index in [-0.39, 0.29) is 0 Å². The van der Waals surface area contributed by atoms with Crippen LogP contribution in [0.15, 0.2) is 30.3 Å². The molecule has 2 aromatic rings. The standard InChI is InChI=1S/C11H10N2S/c1-9-11(12-13-14-9)8-7-10-5-3-2-4-6-10/h2-8H,1H3. The number of aromatic nitrogens is 2. The minimum Gasteiger partial charge on any atom is -0.138 e. The van der Waals surface area contributed by atoms with Crippen LogP contribution >= 0.6 is 11.5 Å². The third-order valence-electron chi connectivity index (χ3n) is 1.92. The van der Waals surface area contributed by atoms with Crippen molar-refractivity contribution in [1.29, 1.82) is 0 Å². The molecule has 3 heteroatoms. The molecule has 2 rings (SSSR count). The van der Waals surface area contributed by atoms with E-state index in [0.717, 1.165) is 10.6 Å². The van der Waals surface area contributed by atoms with E-state index in [1.165, 1.54) is 17.1 Å². The third kappa shape index (κ3) is 2.06. The van der Waals surface area contributed by atoms with Gasteiger partial charge in [0.1, 0.15) is 5.69 Å². The van der Waals surface area contributed by atoms with Gasteiger partial charge < -0.3 is 0 Å². The van der Waals surface area contributed by atoms with Crippen molar-refractivity contribution in [3.63, 3.8) is 0 Å². The average molecular weight is 202 g/mol. The molecule has 0 aliphatic carbocycles. The molecule has 1 heterocycles. The summed E-state index contributed by atoms with van der Waals surface area (Å²) in [5.74, 6) is 0. The van der Waals surface area contributed by atoms with Gasteiger partial charge in [-0.1, -0.05) is 40.9 Å². The van der Waals surface area contributed by atoms with Crippen molar-refractivity contribution in [2.75, 3.05) is 0 Å². The van der Waals surface area contributed by atoms with Crippen LogP contribution in [-0.4, -0.2) is 9.59 Å². The summed E-state index contributed by atoms with van der Waals surface area (Å²) < 4.78 is 3.87. The van der Waals surface area contributed by atoms with Crippen LogP contribution in [0.5, 0.6) is 0 Å². The zero-order chi connectivity index (χ0) is 9.80. The highest BCUT2D eigenvalue weighted by Crippen LogP contribution is 2.12. The highest BCUT2D eigenvalue weighted by molar-refractivity contribution is 7.05. The summed E-state index contributed by atoms with van der Waals surface area (Å²) in [5, 5.41) is 4.01. The minimum absolute atomic E-state index is 0.957. The maximum Gasteiger partial charge on any atom is 0.101 e. The van der Waals surface area contributed by atoms with Crippen LogP contribution in [0.3, 0.4) is 0 Å². The lowest BCUT2D eigenvalue weighted by atomic mass is 10.2. The van der Waals surface area contributed by atoms with Gasteiger partial charge in [0.05, 0.1) is 0 Å². The Morgan fingerprint density at radius 3 is 2.57 bits per heavy atom. The predicted molar refractivity (Wildman–Crippen MR) is 60.0 cm³/mol. The van der Waals surface area contributed by atoms with Crippen LogP contribution in [0.4, 0.5) is 0 Å². The molecule has 0 spiro atoms. The maximum absolute atomic E-state index is 4.01. The fourth-order valence-electron chi connectivity index (χ4n) is 1.13. The third-order valence-corrected chi connectivity index (χ3v) is 2.57. The van der Waals surface area contributed by atoms with Gasteiger partial charge >= 0.3 is 0 Å². The molecule has 2 nitrogen and oxygen atoms in total. The van der Waals surface area contributed by atoms with Crippen molar-refractivity contribution in [3.05, 3.63) is 46.5 Å². The summed E-state index contributed by atoms with van der Waals surface area (Å²) in [6.45, 7) is 2.02. The number of aryl methyl sites for hydroxylation is 1. The van der Waals surface area contributed by atoms with Crippen LogP contribution < -0.4 is 0 Å². The molecule has 0 saturated heterocycles. The van der Waals surface area contributed by atoms with Crippen LogP contribution in [0, 0.1) is 6.92 Å². The monoisotopic (exact) mass is 202 g/mol. The smallest absolute Gasteiger partial charge is 0.101 e. The van der Waals surface area contributed by atoms with Gasteiger partial charge in [-0.05, 0) is 30.1 Å². The molecule has 0 aliphatic rings. The minimum atomic E-state index is 0.957. The van der Waals surface area contributed by atoms with Crippen molar-refractivity contribution in [1.82, 2.24) is 9.59 Å². The van der Waals surface area contributed by atoms with Crippen molar-refractivity contribution in [3.8, 4) is 0 Å². The Hall–Kier alpha value is -1.48. The second-order valence-electron chi connectivity index (χ2n) is 2.96. The van der Waals surface area contributed by atoms with Gasteiger partial charge in [0.25, 0.3) is 0 Å². The molecule has 1 aromatic carbocycles. The number of hydrogen-bond donors (Lipinski definition) is 0. The fraction of sp³-hybridized carbons (Fsp3) is 0.0909. The fourth-order valence-corrected chi connectivity index (χ4v) is 1.59. The van der Waals surface area contributed by atoms with Gasteiger partial charge in [-0.25, -0.2) is 0 Å². The molecule has 70 valence electrons. The zero-order valence-electron chi connectivity index (χ0n) is 7.84. The molecule has 0 N–H and O–H groups in total. The van der Waals surface area contributed by atoms with Crippen molar-refractivity contribution in [2.24, 2.45) is 0 Å². The van der Waals surface area contributed by atoms with Gasteiger partial charge in [0.2, 0.25) is 0 Å². The van der Waals surface area contributed by atoms with Crippen LogP contribution in [0.25, 0.3) is 12.2 Å². The van der Waals surface area contributed by atoms with E-state index in [0.29, 0.717) is 0 Å². The Balaban J connectivity index is 2.20.